The van der Waals surface area contributed by atoms with Gasteiger partial charge in [-0.15, -0.1) is 0 Å². The van der Waals surface area contributed by atoms with E-state index in [0.29, 0.717) is 12.2 Å². The lowest BCUT2D eigenvalue weighted by molar-refractivity contribution is 0.0866. The van der Waals surface area contributed by atoms with Crippen molar-refractivity contribution < 1.29 is 9.53 Å². The van der Waals surface area contributed by atoms with Gasteiger partial charge in [-0.25, -0.2) is 4.79 Å². The van der Waals surface area contributed by atoms with Gasteiger partial charge in [-0.3, -0.25) is 4.90 Å². The first-order chi connectivity index (χ1) is 16.6. The highest BCUT2D eigenvalue weighted by Crippen LogP contribution is 2.45. The Kier molecular flexibility index (Phi) is 4.99. The Bertz CT molecular complexity index is 1320. The number of benzene rings is 3. The molecule has 0 saturated carbocycles. The predicted molar refractivity (Wildman–Crippen MR) is 132 cm³/mol. The minimum absolute atomic E-state index is 0.0698. The summed E-state index contributed by atoms with van der Waals surface area (Å²) < 4.78 is 5.97. The molecule has 0 spiro atoms. The van der Waals surface area contributed by atoms with Crippen LogP contribution >= 0.6 is 0 Å². The van der Waals surface area contributed by atoms with Gasteiger partial charge in [0.25, 0.3) is 0 Å². The van der Waals surface area contributed by atoms with Crippen molar-refractivity contribution in [2.45, 2.75) is 44.2 Å². The Labute approximate surface area is 200 Å². The van der Waals surface area contributed by atoms with Gasteiger partial charge in [0, 0.05) is 12.0 Å². The van der Waals surface area contributed by atoms with Crippen LogP contribution in [0.25, 0.3) is 16.7 Å². The zero-order valence-corrected chi connectivity index (χ0v) is 19.2. The monoisotopic (exact) mass is 446 g/mol. The van der Waals surface area contributed by atoms with E-state index in [1.165, 1.54) is 27.8 Å². The van der Waals surface area contributed by atoms with Crippen LogP contribution in [0.3, 0.4) is 0 Å². The van der Waals surface area contributed by atoms with Crippen LogP contribution in [0.4, 0.5) is 4.79 Å². The molecule has 4 heteroatoms. The normalized spacial score (nSPS) is 20.4. The van der Waals surface area contributed by atoms with E-state index in [-0.39, 0.29) is 24.1 Å². The van der Waals surface area contributed by atoms with E-state index >= 15 is 0 Å². The molecule has 1 aliphatic carbocycles. The van der Waals surface area contributed by atoms with Crippen LogP contribution in [0.1, 0.15) is 53.0 Å². The maximum absolute atomic E-state index is 13.3. The Balaban J connectivity index is 1.20. The van der Waals surface area contributed by atoms with Gasteiger partial charge in [-0.1, -0.05) is 66.7 Å². The summed E-state index contributed by atoms with van der Waals surface area (Å²) in [7, 11) is 0. The van der Waals surface area contributed by atoms with Gasteiger partial charge in [-0.2, -0.15) is 5.26 Å². The van der Waals surface area contributed by atoms with E-state index in [1.807, 2.05) is 24.0 Å². The van der Waals surface area contributed by atoms with Crippen molar-refractivity contribution in [2.24, 2.45) is 0 Å². The molecule has 3 aromatic carbocycles. The SMILES string of the molecule is Cc1cc(C2=CC3CCC(C2)N3C(=O)OCC2c3ccccc3-c3ccccc32)ccc1C#N. The molecule has 0 N–H and O–H groups in total. The molecule has 34 heavy (non-hydrogen) atoms. The summed E-state index contributed by atoms with van der Waals surface area (Å²) >= 11 is 0. The quantitative estimate of drug-likeness (QED) is 0.465. The largest absolute Gasteiger partial charge is 0.448 e. The first kappa shape index (κ1) is 20.7. The summed E-state index contributed by atoms with van der Waals surface area (Å²) in [6, 6.07) is 25.3. The number of nitriles is 1. The highest BCUT2D eigenvalue weighted by atomic mass is 16.6. The van der Waals surface area contributed by atoms with Crippen molar-refractivity contribution in [3.8, 4) is 17.2 Å². The summed E-state index contributed by atoms with van der Waals surface area (Å²) in [4.78, 5) is 15.2. The van der Waals surface area contributed by atoms with Gasteiger partial charge < -0.3 is 4.74 Å². The van der Waals surface area contributed by atoms with Gasteiger partial charge in [0.15, 0.2) is 0 Å². The zero-order chi connectivity index (χ0) is 23.2. The number of carbonyl (C=O) groups excluding carboxylic acids is 1. The van der Waals surface area contributed by atoms with Crippen molar-refractivity contribution in [3.63, 3.8) is 0 Å². The van der Waals surface area contributed by atoms with Crippen molar-refractivity contribution in [1.29, 1.82) is 5.26 Å². The molecule has 0 radical (unpaired) electrons. The summed E-state index contributed by atoms with van der Waals surface area (Å²) in [6.07, 6.45) is 4.80. The van der Waals surface area contributed by atoms with Crippen LogP contribution in [0.2, 0.25) is 0 Å². The summed E-state index contributed by atoms with van der Waals surface area (Å²) in [5.41, 5.74) is 9.07. The van der Waals surface area contributed by atoms with Gasteiger partial charge in [0.2, 0.25) is 0 Å². The fraction of sp³-hybridized carbons (Fsp3) is 0.267. The summed E-state index contributed by atoms with van der Waals surface area (Å²) in [5, 5.41) is 9.22. The number of amides is 1. The first-order valence-corrected chi connectivity index (χ1v) is 12.0. The highest BCUT2D eigenvalue weighted by molar-refractivity contribution is 5.79. The minimum atomic E-state index is -0.208. The second-order valence-corrected chi connectivity index (χ2v) is 9.55. The molecule has 2 unspecified atom stereocenters. The lowest BCUT2D eigenvalue weighted by atomic mass is 9.93. The third-order valence-corrected chi connectivity index (χ3v) is 7.66. The fourth-order valence-electron chi connectivity index (χ4n) is 5.99. The van der Waals surface area contributed by atoms with Crippen LogP contribution in [0.5, 0.6) is 0 Å². The third-order valence-electron chi connectivity index (χ3n) is 7.66. The number of rotatable bonds is 3. The molecule has 6 rings (SSSR count). The number of carbonyl (C=O) groups is 1. The van der Waals surface area contributed by atoms with E-state index < -0.39 is 0 Å². The van der Waals surface area contributed by atoms with Gasteiger partial charge in [-0.05, 0) is 71.2 Å². The molecular weight excluding hydrogens is 420 g/mol. The van der Waals surface area contributed by atoms with Gasteiger partial charge >= 0.3 is 6.09 Å². The molecular formula is C30H26N2O2. The molecule has 2 heterocycles. The Morgan fingerprint density at radius 2 is 1.74 bits per heavy atom. The molecule has 3 aliphatic rings. The van der Waals surface area contributed by atoms with Crippen LogP contribution in [-0.2, 0) is 4.74 Å². The molecule has 1 amide bonds. The van der Waals surface area contributed by atoms with E-state index in [2.05, 4.69) is 66.7 Å². The molecule has 168 valence electrons. The third kappa shape index (κ3) is 3.31. The number of hydrogen-bond acceptors (Lipinski definition) is 3. The maximum atomic E-state index is 13.3. The second kappa shape index (κ2) is 8.18. The van der Waals surface area contributed by atoms with Crippen molar-refractivity contribution in [3.05, 3.63) is 101 Å². The average molecular weight is 447 g/mol. The number of ether oxygens (including phenoxy) is 1. The molecule has 3 aromatic rings. The van der Waals surface area contributed by atoms with Crippen LogP contribution in [0.15, 0.2) is 72.8 Å². The minimum Gasteiger partial charge on any atom is -0.448 e. The van der Waals surface area contributed by atoms with E-state index in [9.17, 15) is 10.1 Å². The Hall–Kier alpha value is -3.84. The Morgan fingerprint density at radius 1 is 1.03 bits per heavy atom. The number of aryl methyl sites for hydroxylation is 1. The summed E-state index contributed by atoms with van der Waals surface area (Å²) in [5.74, 6) is 0.0755. The van der Waals surface area contributed by atoms with E-state index in [0.717, 1.165) is 30.4 Å². The van der Waals surface area contributed by atoms with Crippen molar-refractivity contribution >= 4 is 11.7 Å². The second-order valence-electron chi connectivity index (χ2n) is 9.55. The Morgan fingerprint density at radius 3 is 2.38 bits per heavy atom. The highest BCUT2D eigenvalue weighted by Gasteiger charge is 2.41. The smallest absolute Gasteiger partial charge is 0.410 e. The first-order valence-electron chi connectivity index (χ1n) is 12.0. The maximum Gasteiger partial charge on any atom is 0.410 e. The number of nitrogens with zero attached hydrogens (tertiary/aromatic N) is 2. The van der Waals surface area contributed by atoms with Gasteiger partial charge in [0.05, 0.1) is 17.7 Å². The van der Waals surface area contributed by atoms with E-state index in [4.69, 9.17) is 4.74 Å². The van der Waals surface area contributed by atoms with Crippen LogP contribution in [-0.4, -0.2) is 29.7 Å². The van der Waals surface area contributed by atoms with Crippen LogP contribution < -0.4 is 0 Å². The average Bonchev–Trinajstić information content (AvgIpc) is 3.33. The zero-order valence-electron chi connectivity index (χ0n) is 19.2. The fourth-order valence-corrected chi connectivity index (χ4v) is 5.99. The molecule has 0 aromatic heterocycles. The van der Waals surface area contributed by atoms with Gasteiger partial charge in [0.1, 0.15) is 6.61 Å². The van der Waals surface area contributed by atoms with Crippen molar-refractivity contribution in [1.82, 2.24) is 4.90 Å². The van der Waals surface area contributed by atoms with Crippen molar-refractivity contribution in [2.75, 3.05) is 6.61 Å². The number of hydrogen-bond donors (Lipinski definition) is 0. The topological polar surface area (TPSA) is 53.3 Å². The molecule has 1 saturated heterocycles. The molecule has 1 fully saturated rings. The van der Waals surface area contributed by atoms with E-state index in [1.54, 1.807) is 0 Å². The molecule has 2 bridgehead atoms. The lowest BCUT2D eigenvalue weighted by Gasteiger charge is -2.33. The standard InChI is InChI=1S/C30H26N2O2/c1-19-14-20(10-11-21(19)17-31)22-15-23-12-13-24(16-22)32(23)30(33)34-18-29-27-8-4-2-6-25(27)26-7-3-5-9-28(26)29/h2-11,14-15,23-24,29H,12-13,16,18H2,1H3. The molecule has 2 atom stereocenters. The molecule has 2 aliphatic heterocycles. The number of fused-ring (bicyclic) bond motifs is 5. The summed E-state index contributed by atoms with van der Waals surface area (Å²) in [6.45, 7) is 2.33. The van der Waals surface area contributed by atoms with Crippen LogP contribution in [0, 0.1) is 18.3 Å². The predicted octanol–water partition coefficient (Wildman–Crippen LogP) is 6.44. The molecule has 4 nitrogen and oxygen atoms in total. The lowest BCUT2D eigenvalue weighted by Crippen LogP contribution is -2.43.